The Morgan fingerprint density at radius 2 is 0.816 bits per heavy atom. The van der Waals surface area contributed by atoms with Gasteiger partial charge in [-0.3, -0.25) is 29.0 Å². The summed E-state index contributed by atoms with van der Waals surface area (Å²) in [6.45, 7) is 11.4. The van der Waals surface area contributed by atoms with E-state index in [4.69, 9.17) is 18.9 Å². The van der Waals surface area contributed by atoms with E-state index in [1.807, 2.05) is 0 Å². The number of nitrogens with zero attached hydrogens (tertiary/aromatic N) is 4. The molecule has 220 valence electrons. The van der Waals surface area contributed by atoms with Gasteiger partial charge in [0.1, 0.15) is 0 Å². The third-order valence-corrected chi connectivity index (χ3v) is 7.09. The summed E-state index contributed by atoms with van der Waals surface area (Å²) in [5.41, 5.74) is 0. The van der Waals surface area contributed by atoms with Gasteiger partial charge in [-0.2, -0.15) is 0 Å². The molecule has 0 spiro atoms. The molecule has 0 N–H and O–H groups in total. The summed E-state index contributed by atoms with van der Waals surface area (Å²) in [4.78, 5) is 55.6. The molecular formula is C26H48N4O8. The van der Waals surface area contributed by atoms with Gasteiger partial charge in [0.25, 0.3) is 0 Å². The Hall–Kier alpha value is -2.28. The molecule has 1 aliphatic rings. The van der Waals surface area contributed by atoms with Crippen molar-refractivity contribution in [2.75, 3.05) is 93.9 Å². The fraction of sp³-hybridized carbons (Fsp3) is 0.846. The van der Waals surface area contributed by atoms with Crippen molar-refractivity contribution in [2.45, 2.75) is 51.6 Å². The number of methoxy groups -OCH3 is 4. The van der Waals surface area contributed by atoms with Crippen LogP contribution in [0.1, 0.15) is 39.5 Å². The highest BCUT2D eigenvalue weighted by Gasteiger charge is 2.29. The van der Waals surface area contributed by atoms with Crippen LogP contribution in [0.2, 0.25) is 0 Å². The first kappa shape index (κ1) is 33.7. The van der Waals surface area contributed by atoms with E-state index in [0.29, 0.717) is 38.3 Å². The molecule has 1 aliphatic heterocycles. The lowest BCUT2D eigenvalue weighted by Gasteiger charge is -2.45. The summed E-state index contributed by atoms with van der Waals surface area (Å²) in [5.74, 6) is -1.07. The van der Waals surface area contributed by atoms with Crippen molar-refractivity contribution in [3.63, 3.8) is 0 Å². The van der Waals surface area contributed by atoms with Gasteiger partial charge in [-0.1, -0.05) is 0 Å². The molecule has 1 heterocycles. The second-order valence-electron chi connectivity index (χ2n) is 9.68. The molecule has 1 rings (SSSR count). The van der Waals surface area contributed by atoms with E-state index in [1.54, 1.807) is 0 Å². The molecule has 0 aliphatic carbocycles. The molecule has 12 heteroatoms. The number of ether oxygens (including phenoxy) is 4. The van der Waals surface area contributed by atoms with Crippen LogP contribution in [-0.2, 0) is 38.1 Å². The van der Waals surface area contributed by atoms with Gasteiger partial charge in [-0.05, 0) is 13.8 Å². The number of carbonyl (C=O) groups is 4. The van der Waals surface area contributed by atoms with Gasteiger partial charge < -0.3 is 28.7 Å². The minimum atomic E-state index is -0.268. The van der Waals surface area contributed by atoms with Crippen LogP contribution in [0.15, 0.2) is 0 Å². The van der Waals surface area contributed by atoms with Crippen molar-refractivity contribution in [2.24, 2.45) is 0 Å². The van der Waals surface area contributed by atoms with Crippen molar-refractivity contribution >= 4 is 23.9 Å². The number of hydrogen-bond acceptors (Lipinski definition) is 12. The second-order valence-corrected chi connectivity index (χ2v) is 9.68. The van der Waals surface area contributed by atoms with E-state index >= 15 is 0 Å². The molecular weight excluding hydrogens is 496 g/mol. The predicted molar refractivity (Wildman–Crippen MR) is 141 cm³/mol. The van der Waals surface area contributed by atoms with Crippen molar-refractivity contribution in [3.8, 4) is 0 Å². The fourth-order valence-electron chi connectivity index (χ4n) is 4.51. The van der Waals surface area contributed by atoms with Gasteiger partial charge in [0, 0.05) is 77.5 Å². The first-order chi connectivity index (χ1) is 18.1. The third kappa shape index (κ3) is 13.5. The Bertz CT molecular complexity index is 638. The van der Waals surface area contributed by atoms with Gasteiger partial charge >= 0.3 is 23.9 Å². The Balaban J connectivity index is 2.62. The zero-order chi connectivity index (χ0) is 28.5. The third-order valence-electron chi connectivity index (χ3n) is 7.09. The molecule has 0 unspecified atom stereocenters. The highest BCUT2D eigenvalue weighted by Crippen LogP contribution is 2.15. The Kier molecular flexibility index (Phi) is 16.8. The Morgan fingerprint density at radius 1 is 0.553 bits per heavy atom. The molecule has 0 amide bonds. The highest BCUT2D eigenvalue weighted by molar-refractivity contribution is 5.70. The molecule has 0 aromatic heterocycles. The first-order valence-electron chi connectivity index (χ1n) is 13.3. The number of piperazine rings is 1. The van der Waals surface area contributed by atoms with Crippen molar-refractivity contribution < 1.29 is 38.1 Å². The molecule has 0 radical (unpaired) electrons. The maximum absolute atomic E-state index is 11.6. The summed E-state index contributed by atoms with van der Waals surface area (Å²) in [6, 6.07) is 0.653. The average Bonchev–Trinajstić information content (AvgIpc) is 2.92. The molecule has 2 atom stereocenters. The Morgan fingerprint density at radius 3 is 1.05 bits per heavy atom. The number of hydrogen-bond donors (Lipinski definition) is 0. The van der Waals surface area contributed by atoms with Crippen LogP contribution in [-0.4, -0.2) is 149 Å². The van der Waals surface area contributed by atoms with E-state index < -0.39 is 0 Å². The van der Waals surface area contributed by atoms with E-state index in [9.17, 15) is 19.2 Å². The number of carbonyl (C=O) groups excluding carboxylic acids is 4. The van der Waals surface area contributed by atoms with Crippen LogP contribution in [0.4, 0.5) is 0 Å². The first-order valence-corrected chi connectivity index (χ1v) is 13.3. The zero-order valence-electron chi connectivity index (χ0n) is 24.1. The van der Waals surface area contributed by atoms with Crippen LogP contribution < -0.4 is 0 Å². The largest absolute Gasteiger partial charge is 0.469 e. The van der Waals surface area contributed by atoms with E-state index in [1.165, 1.54) is 28.4 Å². The van der Waals surface area contributed by atoms with Crippen LogP contribution in [0.3, 0.4) is 0 Å². The van der Waals surface area contributed by atoms with Crippen molar-refractivity contribution in [1.82, 2.24) is 19.6 Å². The van der Waals surface area contributed by atoms with E-state index in [2.05, 4.69) is 33.4 Å². The fourth-order valence-corrected chi connectivity index (χ4v) is 4.51. The van der Waals surface area contributed by atoms with Crippen LogP contribution in [0.5, 0.6) is 0 Å². The van der Waals surface area contributed by atoms with Gasteiger partial charge in [-0.15, -0.1) is 0 Å². The molecule has 0 saturated carbocycles. The normalized spacial score (nSPS) is 18.4. The monoisotopic (exact) mass is 544 g/mol. The minimum Gasteiger partial charge on any atom is -0.469 e. The highest BCUT2D eigenvalue weighted by atomic mass is 16.5. The summed E-state index contributed by atoms with van der Waals surface area (Å²) in [5, 5.41) is 0. The lowest BCUT2D eigenvalue weighted by atomic mass is 10.1. The molecule has 0 aromatic rings. The number of rotatable bonds is 18. The SMILES string of the molecule is COC(=O)CCN(CCC(=O)OC)CCN1C[C@H](C)N(CCN(CCC(=O)OC)CCC(=O)OC)C[C@H]1C. The van der Waals surface area contributed by atoms with Crippen LogP contribution >= 0.6 is 0 Å². The smallest absolute Gasteiger partial charge is 0.306 e. The predicted octanol–water partition coefficient (Wildman–Crippen LogP) is 0.237. The maximum atomic E-state index is 11.6. The van der Waals surface area contributed by atoms with Crippen LogP contribution in [0.25, 0.3) is 0 Å². The van der Waals surface area contributed by atoms with Gasteiger partial charge in [-0.25, -0.2) is 0 Å². The molecule has 1 saturated heterocycles. The van der Waals surface area contributed by atoms with Gasteiger partial charge in [0.05, 0.1) is 54.1 Å². The van der Waals surface area contributed by atoms with Gasteiger partial charge in [0.2, 0.25) is 0 Å². The topological polar surface area (TPSA) is 118 Å². The van der Waals surface area contributed by atoms with Gasteiger partial charge in [0.15, 0.2) is 0 Å². The van der Waals surface area contributed by atoms with Crippen LogP contribution in [0, 0.1) is 0 Å². The number of esters is 4. The maximum Gasteiger partial charge on any atom is 0.306 e. The summed E-state index contributed by atoms with van der Waals surface area (Å²) >= 11 is 0. The standard InChI is InChI=1S/C26H48N4O8/c1-21-19-30(18-16-28(13-9-25(33)37-5)14-10-26(34)38-6)22(2)20-29(21)17-15-27(11-7-23(31)35-3)12-8-24(32)36-4/h21-22H,7-20H2,1-6H3/t21-,22+. The average molecular weight is 545 g/mol. The molecule has 38 heavy (non-hydrogen) atoms. The zero-order valence-corrected chi connectivity index (χ0v) is 24.1. The summed E-state index contributed by atoms with van der Waals surface area (Å²) in [7, 11) is 5.50. The minimum absolute atomic E-state index is 0.268. The van der Waals surface area contributed by atoms with E-state index in [-0.39, 0.29) is 49.6 Å². The summed E-state index contributed by atoms with van der Waals surface area (Å²) < 4.78 is 19.1. The lowest BCUT2D eigenvalue weighted by molar-refractivity contribution is -0.143. The second kappa shape index (κ2) is 18.9. The molecule has 1 fully saturated rings. The molecule has 0 bridgehead atoms. The van der Waals surface area contributed by atoms with Crippen molar-refractivity contribution in [1.29, 1.82) is 0 Å². The summed E-state index contributed by atoms with van der Waals surface area (Å²) in [6.07, 6.45) is 1.11. The van der Waals surface area contributed by atoms with E-state index in [0.717, 1.165) is 39.3 Å². The molecule has 0 aromatic carbocycles. The Labute approximate surface area is 227 Å². The quantitative estimate of drug-likeness (QED) is 0.174. The molecule has 12 nitrogen and oxygen atoms in total. The van der Waals surface area contributed by atoms with Crippen molar-refractivity contribution in [3.05, 3.63) is 0 Å². The lowest BCUT2D eigenvalue weighted by Crippen LogP contribution is -2.58.